The van der Waals surface area contributed by atoms with E-state index in [0.29, 0.717) is 11.4 Å². The molecule has 0 radical (unpaired) electrons. The predicted octanol–water partition coefficient (Wildman–Crippen LogP) is 4.45. The Balaban J connectivity index is 2.02. The lowest BCUT2D eigenvalue weighted by Gasteiger charge is -2.31. The Morgan fingerprint density at radius 1 is 1.07 bits per heavy atom. The van der Waals surface area contributed by atoms with Gasteiger partial charge in [-0.05, 0) is 49.8 Å². The van der Waals surface area contributed by atoms with Gasteiger partial charge in [-0.1, -0.05) is 35.9 Å². The van der Waals surface area contributed by atoms with Gasteiger partial charge in [0.2, 0.25) is 0 Å². The van der Waals surface area contributed by atoms with E-state index in [4.69, 9.17) is 12.2 Å². The summed E-state index contributed by atoms with van der Waals surface area (Å²) in [6.07, 6.45) is -4.56. The first-order chi connectivity index (χ1) is 13.2. The maximum absolute atomic E-state index is 13.5. The summed E-state index contributed by atoms with van der Waals surface area (Å²) in [5.74, 6) is -0.508. The van der Waals surface area contributed by atoms with Gasteiger partial charge in [0, 0.05) is 11.4 Å². The Labute approximate surface area is 165 Å². The SMILES string of the molecule is CC1=C(C(=O)Nc2ccc(C)cc2)C(c2ccccc2C(F)(F)F)NC(=S)N1. The van der Waals surface area contributed by atoms with Gasteiger partial charge < -0.3 is 16.0 Å². The molecule has 28 heavy (non-hydrogen) atoms. The molecule has 0 aromatic heterocycles. The molecule has 0 spiro atoms. The number of carbonyl (C=O) groups is 1. The molecule has 1 atom stereocenters. The van der Waals surface area contributed by atoms with Crippen LogP contribution in [0.15, 0.2) is 59.8 Å². The van der Waals surface area contributed by atoms with Crippen LogP contribution in [-0.2, 0) is 11.0 Å². The van der Waals surface area contributed by atoms with Gasteiger partial charge in [0.15, 0.2) is 5.11 Å². The Morgan fingerprint density at radius 2 is 1.71 bits per heavy atom. The first-order valence-electron chi connectivity index (χ1n) is 8.49. The largest absolute Gasteiger partial charge is 0.416 e. The number of amides is 1. The minimum absolute atomic E-state index is 0.0627. The monoisotopic (exact) mass is 405 g/mol. The lowest BCUT2D eigenvalue weighted by molar-refractivity contribution is -0.138. The van der Waals surface area contributed by atoms with Crippen molar-refractivity contribution in [2.75, 3.05) is 5.32 Å². The average Bonchev–Trinajstić information content (AvgIpc) is 2.62. The van der Waals surface area contributed by atoms with Crippen LogP contribution in [0.2, 0.25) is 0 Å². The van der Waals surface area contributed by atoms with E-state index in [0.717, 1.165) is 11.6 Å². The number of halogens is 3. The van der Waals surface area contributed by atoms with Crippen molar-refractivity contribution in [3.05, 3.63) is 76.5 Å². The number of hydrogen-bond acceptors (Lipinski definition) is 2. The van der Waals surface area contributed by atoms with Crippen molar-refractivity contribution in [1.82, 2.24) is 10.6 Å². The van der Waals surface area contributed by atoms with Crippen LogP contribution in [0, 0.1) is 6.92 Å². The van der Waals surface area contributed by atoms with E-state index in [-0.39, 0.29) is 16.2 Å². The number of benzene rings is 2. The van der Waals surface area contributed by atoms with E-state index < -0.39 is 23.7 Å². The molecule has 4 nitrogen and oxygen atoms in total. The summed E-state index contributed by atoms with van der Waals surface area (Å²) in [5, 5.41) is 8.52. The summed E-state index contributed by atoms with van der Waals surface area (Å²) in [4.78, 5) is 12.9. The molecule has 1 aliphatic heterocycles. The molecule has 1 amide bonds. The highest BCUT2D eigenvalue weighted by Gasteiger charge is 2.38. The predicted molar refractivity (Wildman–Crippen MR) is 106 cm³/mol. The number of allylic oxidation sites excluding steroid dienone is 1. The van der Waals surface area contributed by atoms with Crippen molar-refractivity contribution >= 4 is 28.9 Å². The number of hydrogen-bond donors (Lipinski definition) is 3. The minimum Gasteiger partial charge on any atom is -0.351 e. The molecule has 146 valence electrons. The van der Waals surface area contributed by atoms with Crippen LogP contribution in [0.5, 0.6) is 0 Å². The number of nitrogens with one attached hydrogen (secondary N) is 3. The Morgan fingerprint density at radius 3 is 2.36 bits per heavy atom. The summed E-state index contributed by atoms with van der Waals surface area (Å²) in [5.41, 5.74) is 1.24. The molecular weight excluding hydrogens is 387 g/mol. The molecule has 8 heteroatoms. The van der Waals surface area contributed by atoms with Crippen LogP contribution in [-0.4, -0.2) is 11.0 Å². The van der Waals surface area contributed by atoms with E-state index in [1.165, 1.54) is 18.2 Å². The van der Waals surface area contributed by atoms with Gasteiger partial charge in [-0.25, -0.2) is 0 Å². The molecule has 2 aromatic rings. The lowest BCUT2D eigenvalue weighted by Crippen LogP contribution is -2.46. The number of thiocarbonyl (C=S) groups is 1. The molecule has 1 aliphatic rings. The number of aryl methyl sites for hydroxylation is 1. The third kappa shape index (κ3) is 4.17. The number of carbonyl (C=O) groups excluding carboxylic acids is 1. The maximum atomic E-state index is 13.5. The smallest absolute Gasteiger partial charge is 0.351 e. The Hall–Kier alpha value is -2.87. The molecule has 0 aliphatic carbocycles. The van der Waals surface area contributed by atoms with Crippen LogP contribution in [0.1, 0.15) is 29.7 Å². The van der Waals surface area contributed by atoms with Crippen molar-refractivity contribution in [1.29, 1.82) is 0 Å². The standard InChI is InChI=1S/C20H18F3N3OS/c1-11-7-9-13(10-8-11)25-18(27)16-12(2)24-19(28)26-17(16)14-5-3-4-6-15(14)20(21,22)23/h3-10,17H,1-2H3,(H,25,27)(H2,24,26,28). The van der Waals surface area contributed by atoms with E-state index >= 15 is 0 Å². The van der Waals surface area contributed by atoms with Crippen molar-refractivity contribution in [3.8, 4) is 0 Å². The van der Waals surface area contributed by atoms with Crippen molar-refractivity contribution in [2.24, 2.45) is 0 Å². The van der Waals surface area contributed by atoms with Crippen LogP contribution in [0.3, 0.4) is 0 Å². The fourth-order valence-corrected chi connectivity index (χ4v) is 3.34. The van der Waals surface area contributed by atoms with E-state index in [1.807, 2.05) is 19.1 Å². The number of anilines is 1. The van der Waals surface area contributed by atoms with Crippen molar-refractivity contribution in [2.45, 2.75) is 26.1 Å². The van der Waals surface area contributed by atoms with Crippen molar-refractivity contribution < 1.29 is 18.0 Å². The van der Waals surface area contributed by atoms with Gasteiger partial charge in [0.25, 0.3) is 5.91 Å². The van der Waals surface area contributed by atoms with Crippen LogP contribution in [0.4, 0.5) is 18.9 Å². The quantitative estimate of drug-likeness (QED) is 0.661. The van der Waals surface area contributed by atoms with E-state index in [2.05, 4.69) is 16.0 Å². The van der Waals surface area contributed by atoms with Crippen LogP contribution < -0.4 is 16.0 Å². The highest BCUT2D eigenvalue weighted by atomic mass is 32.1. The average molecular weight is 405 g/mol. The molecule has 2 aromatic carbocycles. The molecule has 3 rings (SSSR count). The molecule has 0 fully saturated rings. The fourth-order valence-electron chi connectivity index (χ4n) is 3.07. The van der Waals surface area contributed by atoms with Gasteiger partial charge in [0.1, 0.15) is 0 Å². The molecular formula is C20H18F3N3OS. The van der Waals surface area contributed by atoms with E-state index in [1.54, 1.807) is 19.1 Å². The second-order valence-electron chi connectivity index (χ2n) is 6.48. The summed E-state index contributed by atoms with van der Waals surface area (Å²) >= 11 is 5.11. The van der Waals surface area contributed by atoms with Crippen LogP contribution in [0.25, 0.3) is 0 Å². The molecule has 1 heterocycles. The third-order valence-electron chi connectivity index (χ3n) is 4.40. The number of alkyl halides is 3. The Kier molecular flexibility index (Phi) is 5.42. The van der Waals surface area contributed by atoms with Crippen LogP contribution >= 0.6 is 12.2 Å². The van der Waals surface area contributed by atoms with Gasteiger partial charge >= 0.3 is 6.18 Å². The fraction of sp³-hybridized carbons (Fsp3) is 0.200. The normalized spacial score (nSPS) is 17.0. The molecule has 1 unspecified atom stereocenters. The highest BCUT2D eigenvalue weighted by Crippen LogP contribution is 2.38. The zero-order valence-electron chi connectivity index (χ0n) is 15.1. The summed E-state index contributed by atoms with van der Waals surface area (Å²) < 4.78 is 40.6. The molecule has 0 saturated heterocycles. The highest BCUT2D eigenvalue weighted by molar-refractivity contribution is 7.80. The first kappa shape index (κ1) is 19.9. The lowest BCUT2D eigenvalue weighted by atomic mass is 9.91. The molecule has 0 bridgehead atoms. The van der Waals surface area contributed by atoms with Gasteiger partial charge in [0.05, 0.1) is 17.2 Å². The summed E-state index contributed by atoms with van der Waals surface area (Å²) in [6, 6.07) is 11.3. The summed E-state index contributed by atoms with van der Waals surface area (Å²) in [7, 11) is 0. The zero-order valence-corrected chi connectivity index (χ0v) is 16.0. The first-order valence-corrected chi connectivity index (χ1v) is 8.90. The zero-order chi connectivity index (χ0) is 20.5. The van der Waals surface area contributed by atoms with E-state index in [9.17, 15) is 18.0 Å². The topological polar surface area (TPSA) is 53.2 Å². The maximum Gasteiger partial charge on any atom is 0.416 e. The molecule has 3 N–H and O–H groups in total. The van der Waals surface area contributed by atoms with Gasteiger partial charge in [-0.3, -0.25) is 4.79 Å². The van der Waals surface area contributed by atoms with Gasteiger partial charge in [-0.15, -0.1) is 0 Å². The Bertz CT molecular complexity index is 952. The second kappa shape index (κ2) is 7.63. The number of rotatable bonds is 3. The van der Waals surface area contributed by atoms with Crippen molar-refractivity contribution in [3.63, 3.8) is 0 Å². The minimum atomic E-state index is -4.56. The second-order valence-corrected chi connectivity index (χ2v) is 6.88. The van der Waals surface area contributed by atoms with Gasteiger partial charge in [-0.2, -0.15) is 13.2 Å². The molecule has 0 saturated carbocycles. The summed E-state index contributed by atoms with van der Waals surface area (Å²) in [6.45, 7) is 3.53. The third-order valence-corrected chi connectivity index (χ3v) is 4.62.